The highest BCUT2D eigenvalue weighted by molar-refractivity contribution is 7.80. The van der Waals surface area contributed by atoms with Gasteiger partial charge in [0.15, 0.2) is 5.11 Å². The summed E-state index contributed by atoms with van der Waals surface area (Å²) in [7, 11) is 1.73. The van der Waals surface area contributed by atoms with Gasteiger partial charge in [-0.15, -0.1) is 0 Å². The van der Waals surface area contributed by atoms with E-state index in [0.29, 0.717) is 10.7 Å². The van der Waals surface area contributed by atoms with Gasteiger partial charge >= 0.3 is 0 Å². The minimum Gasteiger partial charge on any atom is -0.331 e. The number of amides is 1. The lowest BCUT2D eigenvalue weighted by Crippen LogP contribution is -2.45. The molecule has 0 spiro atoms. The topological polar surface area (TPSA) is 60.3 Å². The second kappa shape index (κ2) is 9.90. The summed E-state index contributed by atoms with van der Waals surface area (Å²) in [5.41, 5.74) is 4.03. The summed E-state index contributed by atoms with van der Waals surface area (Å²) in [5.74, 6) is -0.214. The first-order chi connectivity index (χ1) is 15.4. The van der Waals surface area contributed by atoms with Gasteiger partial charge in [0.25, 0.3) is 5.91 Å². The standard InChI is InChI=1S/C24H26ClN5OS/c1-16(15-30-12-6-7-13-30)26-24(32)28-22-23(31)29(2)20-11-10-18(25)14-19(20)21(27-22)17-8-4-3-5-9-17/h3-5,8-11,14,22H,6-7,12-13,15H2,1-2H3,(H,28,32)/b26-16+. The van der Waals surface area contributed by atoms with Crippen LogP contribution in [0.3, 0.4) is 0 Å². The van der Waals surface area contributed by atoms with Crippen LogP contribution in [0, 0.1) is 0 Å². The molecule has 1 N–H and O–H groups in total. The molecule has 1 unspecified atom stereocenters. The fourth-order valence-corrected chi connectivity index (χ4v) is 4.53. The lowest BCUT2D eigenvalue weighted by atomic mass is 10.0. The predicted octanol–water partition coefficient (Wildman–Crippen LogP) is 3.91. The Balaban J connectivity index is 1.65. The summed E-state index contributed by atoms with van der Waals surface area (Å²) >= 11 is 11.8. The van der Waals surface area contributed by atoms with E-state index in [4.69, 9.17) is 28.8 Å². The molecule has 166 valence electrons. The smallest absolute Gasteiger partial charge is 0.272 e. The van der Waals surface area contributed by atoms with Crippen LogP contribution in [0.1, 0.15) is 30.9 Å². The van der Waals surface area contributed by atoms with Gasteiger partial charge in [-0.2, -0.15) is 0 Å². The van der Waals surface area contributed by atoms with E-state index in [2.05, 4.69) is 15.2 Å². The van der Waals surface area contributed by atoms with Crippen molar-refractivity contribution in [3.63, 3.8) is 0 Å². The molecule has 1 amide bonds. The summed E-state index contributed by atoms with van der Waals surface area (Å²) in [4.78, 5) is 26.5. The van der Waals surface area contributed by atoms with Gasteiger partial charge in [0.2, 0.25) is 6.17 Å². The van der Waals surface area contributed by atoms with E-state index in [-0.39, 0.29) is 11.0 Å². The van der Waals surface area contributed by atoms with Crippen molar-refractivity contribution < 1.29 is 4.79 Å². The molecule has 2 heterocycles. The number of hydrogen-bond donors (Lipinski definition) is 1. The normalized spacial score (nSPS) is 19.4. The van der Waals surface area contributed by atoms with Gasteiger partial charge in [0, 0.05) is 35.5 Å². The van der Waals surface area contributed by atoms with Crippen LogP contribution in [0.5, 0.6) is 0 Å². The Labute approximate surface area is 199 Å². The molecular weight excluding hydrogens is 442 g/mol. The van der Waals surface area contributed by atoms with E-state index in [1.807, 2.05) is 49.4 Å². The van der Waals surface area contributed by atoms with Gasteiger partial charge in [-0.1, -0.05) is 41.9 Å². The molecule has 2 aliphatic rings. The Kier molecular flexibility index (Phi) is 6.98. The SMILES string of the molecule is C/C(CN1CCCC1)=N\C(=S)NC1N=C(c2ccccc2)c2cc(Cl)ccc2N(C)C1=O. The van der Waals surface area contributed by atoms with Gasteiger partial charge < -0.3 is 10.2 Å². The number of thiocarbonyl (C=S) groups is 1. The number of likely N-dealkylation sites (tertiary alicyclic amines) is 1. The third-order valence-corrected chi connectivity index (χ3v) is 6.09. The third kappa shape index (κ3) is 5.06. The van der Waals surface area contributed by atoms with Gasteiger partial charge in [-0.05, 0) is 63.3 Å². The largest absolute Gasteiger partial charge is 0.331 e. The van der Waals surface area contributed by atoms with Crippen molar-refractivity contribution in [2.45, 2.75) is 25.9 Å². The lowest BCUT2D eigenvalue weighted by Gasteiger charge is -2.21. The van der Waals surface area contributed by atoms with Crippen LogP contribution in [0.15, 0.2) is 58.5 Å². The Morgan fingerprint density at radius 3 is 2.66 bits per heavy atom. The number of carbonyl (C=O) groups is 1. The highest BCUT2D eigenvalue weighted by Crippen LogP contribution is 2.29. The van der Waals surface area contributed by atoms with Crippen molar-refractivity contribution in [1.82, 2.24) is 10.2 Å². The third-order valence-electron chi connectivity index (χ3n) is 5.65. The molecule has 0 radical (unpaired) electrons. The molecule has 2 aromatic rings. The van der Waals surface area contributed by atoms with E-state index in [1.165, 1.54) is 12.8 Å². The first-order valence-corrected chi connectivity index (χ1v) is 11.5. The number of benzodiazepines with no additional fused rings is 1. The minimum absolute atomic E-state index is 0.214. The molecule has 0 aliphatic carbocycles. The fourth-order valence-electron chi connectivity index (χ4n) is 4.09. The highest BCUT2D eigenvalue weighted by atomic mass is 35.5. The quantitative estimate of drug-likeness (QED) is 0.547. The Bertz CT molecular complexity index is 1080. The van der Waals surface area contributed by atoms with Crippen LogP contribution >= 0.6 is 23.8 Å². The maximum absolute atomic E-state index is 13.3. The van der Waals surface area contributed by atoms with Crippen LogP contribution in [0.2, 0.25) is 5.02 Å². The molecule has 0 aromatic heterocycles. The number of carbonyl (C=O) groups excluding carboxylic acids is 1. The predicted molar refractivity (Wildman–Crippen MR) is 135 cm³/mol. The molecule has 1 fully saturated rings. The summed E-state index contributed by atoms with van der Waals surface area (Å²) in [5, 5.41) is 3.90. The van der Waals surface area contributed by atoms with Crippen molar-refractivity contribution in [3.05, 3.63) is 64.7 Å². The molecular formula is C24H26ClN5OS. The number of likely N-dealkylation sites (N-methyl/N-ethyl adjacent to an activating group) is 1. The number of anilines is 1. The molecule has 0 bridgehead atoms. The zero-order chi connectivity index (χ0) is 22.7. The van der Waals surface area contributed by atoms with E-state index in [0.717, 1.165) is 42.2 Å². The molecule has 1 saturated heterocycles. The molecule has 2 aromatic carbocycles. The first kappa shape index (κ1) is 22.6. The van der Waals surface area contributed by atoms with Crippen molar-refractivity contribution in [2.75, 3.05) is 31.6 Å². The zero-order valence-electron chi connectivity index (χ0n) is 18.2. The fraction of sp³-hybridized carbons (Fsp3) is 0.333. The monoisotopic (exact) mass is 467 g/mol. The van der Waals surface area contributed by atoms with Gasteiger partial charge in [-0.3, -0.25) is 9.69 Å². The van der Waals surface area contributed by atoms with E-state index in [9.17, 15) is 4.79 Å². The number of rotatable bonds is 4. The van der Waals surface area contributed by atoms with Crippen molar-refractivity contribution >= 4 is 51.9 Å². The summed E-state index contributed by atoms with van der Waals surface area (Å²) < 4.78 is 0. The van der Waals surface area contributed by atoms with Crippen molar-refractivity contribution in [1.29, 1.82) is 0 Å². The Morgan fingerprint density at radius 1 is 1.22 bits per heavy atom. The second-order valence-electron chi connectivity index (χ2n) is 8.08. The van der Waals surface area contributed by atoms with Gasteiger partial charge in [0.05, 0.1) is 11.4 Å². The van der Waals surface area contributed by atoms with Gasteiger partial charge in [0.1, 0.15) is 0 Å². The van der Waals surface area contributed by atoms with Crippen LogP contribution < -0.4 is 10.2 Å². The molecule has 8 heteroatoms. The van der Waals surface area contributed by atoms with Crippen LogP contribution in [-0.2, 0) is 4.79 Å². The summed E-state index contributed by atoms with van der Waals surface area (Å²) in [6.07, 6.45) is 1.55. The zero-order valence-corrected chi connectivity index (χ0v) is 19.8. The molecule has 32 heavy (non-hydrogen) atoms. The van der Waals surface area contributed by atoms with Crippen LogP contribution in [0.25, 0.3) is 0 Å². The van der Waals surface area contributed by atoms with E-state index < -0.39 is 6.17 Å². The maximum Gasteiger partial charge on any atom is 0.272 e. The maximum atomic E-state index is 13.3. The molecule has 6 nitrogen and oxygen atoms in total. The minimum atomic E-state index is -0.891. The van der Waals surface area contributed by atoms with Crippen molar-refractivity contribution in [3.8, 4) is 0 Å². The second-order valence-corrected chi connectivity index (χ2v) is 8.91. The number of benzene rings is 2. The lowest BCUT2D eigenvalue weighted by molar-refractivity contribution is -0.119. The number of hydrogen-bond acceptors (Lipinski definition) is 4. The summed E-state index contributed by atoms with van der Waals surface area (Å²) in [6, 6.07) is 15.2. The molecule has 4 rings (SSSR count). The number of halogens is 1. The van der Waals surface area contributed by atoms with Crippen molar-refractivity contribution in [2.24, 2.45) is 9.98 Å². The average molecular weight is 468 g/mol. The molecule has 2 aliphatic heterocycles. The van der Waals surface area contributed by atoms with Gasteiger partial charge in [-0.25, -0.2) is 9.98 Å². The summed E-state index contributed by atoms with van der Waals surface area (Å²) in [6.45, 7) is 4.92. The number of aliphatic imine (C=N–C) groups is 2. The number of nitrogens with one attached hydrogen (secondary N) is 1. The van der Waals surface area contributed by atoms with E-state index in [1.54, 1.807) is 18.0 Å². The van der Waals surface area contributed by atoms with E-state index >= 15 is 0 Å². The van der Waals surface area contributed by atoms with Crippen LogP contribution in [-0.4, -0.2) is 60.2 Å². The van der Waals surface area contributed by atoms with Crippen LogP contribution in [0.4, 0.5) is 5.69 Å². The molecule has 1 atom stereocenters. The average Bonchev–Trinajstić information content (AvgIpc) is 3.25. The first-order valence-electron chi connectivity index (χ1n) is 10.7. The Hall–Kier alpha value is -2.61. The highest BCUT2D eigenvalue weighted by Gasteiger charge is 2.30. The molecule has 0 saturated carbocycles. The number of fused-ring (bicyclic) bond motifs is 1. The number of nitrogens with zero attached hydrogens (tertiary/aromatic N) is 4. The Morgan fingerprint density at radius 2 is 1.94 bits per heavy atom.